The van der Waals surface area contributed by atoms with E-state index in [4.69, 9.17) is 14.9 Å². The Bertz CT molecular complexity index is 1600. The Kier molecular flexibility index (Phi) is 6.61. The molecule has 0 radical (unpaired) electrons. The summed E-state index contributed by atoms with van der Waals surface area (Å²) < 4.78 is 41.3. The van der Waals surface area contributed by atoms with Crippen molar-refractivity contribution >= 4 is 60.8 Å². The molecule has 0 spiro atoms. The molecule has 12 heteroatoms. The Labute approximate surface area is 217 Å². The molecule has 0 bridgehead atoms. The number of carbonyl (C=O) groups is 1. The SMILES string of the molecule is COc1ccc(OCCCn2cc(/C=C3/C(=N)N4C(=NC3=O)SN=C4S(C)(=O)=O)c3ccccc32)cc1. The first kappa shape index (κ1) is 24.8. The summed E-state index contributed by atoms with van der Waals surface area (Å²) in [6.45, 7) is 1.18. The van der Waals surface area contributed by atoms with E-state index in [9.17, 15) is 13.2 Å². The van der Waals surface area contributed by atoms with Gasteiger partial charge in [-0.15, -0.1) is 0 Å². The zero-order valence-electron chi connectivity index (χ0n) is 20.0. The number of para-hydroxylation sites is 1. The number of aliphatic imine (C=N–C) groups is 1. The second-order valence-electron chi connectivity index (χ2n) is 8.35. The molecule has 190 valence electrons. The Morgan fingerprint density at radius 2 is 1.84 bits per heavy atom. The van der Waals surface area contributed by atoms with Crippen LogP contribution in [0.5, 0.6) is 11.5 Å². The maximum atomic E-state index is 12.8. The molecule has 5 rings (SSSR count). The highest BCUT2D eigenvalue weighted by molar-refractivity contribution is 8.16. The number of carbonyl (C=O) groups excluding carboxylic acids is 1. The Morgan fingerprint density at radius 3 is 2.57 bits per heavy atom. The van der Waals surface area contributed by atoms with E-state index < -0.39 is 15.7 Å². The molecule has 0 atom stereocenters. The van der Waals surface area contributed by atoms with Gasteiger partial charge in [-0.1, -0.05) is 18.2 Å². The van der Waals surface area contributed by atoms with Gasteiger partial charge in [-0.3, -0.25) is 10.2 Å². The van der Waals surface area contributed by atoms with E-state index in [1.54, 1.807) is 13.2 Å². The molecule has 2 aliphatic heterocycles. The van der Waals surface area contributed by atoms with Gasteiger partial charge in [-0.25, -0.2) is 13.3 Å². The maximum Gasteiger partial charge on any atom is 0.283 e. The van der Waals surface area contributed by atoms with Crippen LogP contribution in [0.2, 0.25) is 0 Å². The van der Waals surface area contributed by atoms with Gasteiger partial charge in [0.15, 0.2) is 0 Å². The summed E-state index contributed by atoms with van der Waals surface area (Å²) in [7, 11) is -2.10. The lowest BCUT2D eigenvalue weighted by atomic mass is 10.1. The van der Waals surface area contributed by atoms with Gasteiger partial charge in [0, 0.05) is 35.5 Å². The predicted octanol–water partition coefficient (Wildman–Crippen LogP) is 3.74. The first-order chi connectivity index (χ1) is 17.8. The normalized spacial score (nSPS) is 16.7. The third-order valence-corrected chi connectivity index (χ3v) is 7.57. The van der Waals surface area contributed by atoms with Gasteiger partial charge in [0.2, 0.25) is 20.2 Å². The lowest BCUT2D eigenvalue weighted by molar-refractivity contribution is -0.114. The van der Waals surface area contributed by atoms with Crippen molar-refractivity contribution in [2.24, 2.45) is 9.39 Å². The summed E-state index contributed by atoms with van der Waals surface area (Å²) in [5.74, 6) is 0.643. The molecule has 2 aliphatic rings. The van der Waals surface area contributed by atoms with Gasteiger partial charge < -0.3 is 14.0 Å². The number of aryl methyl sites for hydroxylation is 1. The molecule has 1 aromatic heterocycles. The van der Waals surface area contributed by atoms with E-state index in [1.165, 1.54) is 0 Å². The lowest BCUT2D eigenvalue weighted by Gasteiger charge is -2.23. The first-order valence-electron chi connectivity index (χ1n) is 11.3. The van der Waals surface area contributed by atoms with E-state index >= 15 is 0 Å². The fraction of sp³-hybridized carbons (Fsp3) is 0.200. The number of benzene rings is 2. The number of amidine groups is 3. The minimum absolute atomic E-state index is 0.00616. The van der Waals surface area contributed by atoms with Gasteiger partial charge in [0.25, 0.3) is 5.91 Å². The molecule has 3 aromatic rings. The van der Waals surface area contributed by atoms with Crippen molar-refractivity contribution in [3.63, 3.8) is 0 Å². The van der Waals surface area contributed by atoms with Crippen molar-refractivity contribution in [2.45, 2.75) is 13.0 Å². The van der Waals surface area contributed by atoms with Crippen LogP contribution >= 0.6 is 11.9 Å². The van der Waals surface area contributed by atoms with Crippen molar-refractivity contribution in [3.05, 3.63) is 65.9 Å². The number of aromatic nitrogens is 1. The van der Waals surface area contributed by atoms with Crippen molar-refractivity contribution in [3.8, 4) is 11.5 Å². The topological polar surface area (TPSA) is 126 Å². The van der Waals surface area contributed by atoms with Crippen molar-refractivity contribution < 1.29 is 22.7 Å². The minimum Gasteiger partial charge on any atom is -0.497 e. The molecule has 0 unspecified atom stereocenters. The van der Waals surface area contributed by atoms with Crippen LogP contribution in [-0.4, -0.2) is 59.9 Å². The van der Waals surface area contributed by atoms with Gasteiger partial charge in [-0.05, 0) is 42.8 Å². The number of fused-ring (bicyclic) bond motifs is 2. The molecule has 0 aliphatic carbocycles. The third-order valence-electron chi connectivity index (χ3n) is 5.82. The maximum absolute atomic E-state index is 12.8. The van der Waals surface area contributed by atoms with Crippen molar-refractivity contribution in [2.75, 3.05) is 20.0 Å². The van der Waals surface area contributed by atoms with Gasteiger partial charge in [0.05, 0.1) is 31.2 Å². The Hall–Kier alpha value is -3.90. The minimum atomic E-state index is -3.71. The Balaban J connectivity index is 1.38. The number of methoxy groups -OCH3 is 1. The lowest BCUT2D eigenvalue weighted by Crippen LogP contribution is -2.45. The summed E-state index contributed by atoms with van der Waals surface area (Å²) in [4.78, 5) is 17.8. The number of nitrogens with one attached hydrogen (secondary N) is 1. The van der Waals surface area contributed by atoms with Gasteiger partial charge in [0.1, 0.15) is 17.3 Å². The van der Waals surface area contributed by atoms with Crippen molar-refractivity contribution in [1.82, 2.24) is 9.47 Å². The second-order valence-corrected chi connectivity index (χ2v) is 11.0. The molecule has 3 heterocycles. The van der Waals surface area contributed by atoms with Crippen LogP contribution in [0, 0.1) is 5.41 Å². The highest BCUT2D eigenvalue weighted by atomic mass is 32.2. The van der Waals surface area contributed by atoms with E-state index in [-0.39, 0.29) is 21.7 Å². The van der Waals surface area contributed by atoms with Gasteiger partial charge >= 0.3 is 0 Å². The number of hydrogen-bond donors (Lipinski definition) is 1. The second kappa shape index (κ2) is 9.87. The van der Waals surface area contributed by atoms with Crippen LogP contribution < -0.4 is 9.47 Å². The highest BCUT2D eigenvalue weighted by Gasteiger charge is 2.41. The largest absolute Gasteiger partial charge is 0.497 e. The van der Waals surface area contributed by atoms with Crippen LogP contribution in [0.25, 0.3) is 17.0 Å². The fourth-order valence-electron chi connectivity index (χ4n) is 4.07. The highest BCUT2D eigenvalue weighted by Crippen LogP contribution is 2.31. The number of rotatable bonds is 7. The molecule has 0 saturated carbocycles. The molecule has 1 amide bonds. The summed E-state index contributed by atoms with van der Waals surface area (Å²) in [5, 5.41) is 9.24. The number of amides is 1. The first-order valence-corrected chi connectivity index (χ1v) is 14.0. The van der Waals surface area contributed by atoms with E-state index in [1.807, 2.05) is 54.7 Å². The summed E-state index contributed by atoms with van der Waals surface area (Å²) in [6.07, 6.45) is 5.24. The smallest absolute Gasteiger partial charge is 0.283 e. The molecule has 0 saturated heterocycles. The van der Waals surface area contributed by atoms with Crippen molar-refractivity contribution in [1.29, 1.82) is 5.41 Å². The number of sulfone groups is 1. The van der Waals surface area contributed by atoms with Gasteiger partial charge in [-0.2, -0.15) is 9.39 Å². The summed E-state index contributed by atoms with van der Waals surface area (Å²) >= 11 is 0.769. The molecular weight excluding hydrogens is 514 g/mol. The standard InChI is InChI=1S/C25H23N5O5S2/c1-34-17-8-10-18(11-9-17)35-13-5-12-29-15-16(19-6-3-4-7-21(19)29)14-20-22(26)30-24(27-23(20)31)36-28-25(30)37(2,32)33/h3-4,6-11,14-15,26H,5,12-13H2,1-2H3/b20-14-,26-22?. The Morgan fingerprint density at radius 1 is 1.11 bits per heavy atom. The number of ether oxygens (including phenoxy) is 2. The summed E-state index contributed by atoms with van der Waals surface area (Å²) in [5.41, 5.74) is 1.68. The number of nitrogens with zero attached hydrogens (tertiary/aromatic N) is 4. The average molecular weight is 538 g/mol. The van der Waals surface area contributed by atoms with Crippen LogP contribution in [0.15, 0.2) is 69.7 Å². The molecular formula is C25H23N5O5S2. The van der Waals surface area contributed by atoms with Crippen LogP contribution in [-0.2, 0) is 21.2 Å². The van der Waals surface area contributed by atoms with E-state index in [2.05, 4.69) is 14.0 Å². The monoisotopic (exact) mass is 537 g/mol. The van der Waals surface area contributed by atoms with Crippen LogP contribution in [0.3, 0.4) is 0 Å². The summed E-state index contributed by atoms with van der Waals surface area (Å²) in [6, 6.07) is 15.2. The van der Waals surface area contributed by atoms with Crippen LogP contribution in [0.4, 0.5) is 0 Å². The average Bonchev–Trinajstić information content (AvgIpc) is 3.47. The fourth-order valence-corrected chi connectivity index (χ4v) is 5.91. The number of hydrogen-bond acceptors (Lipinski definition) is 8. The third kappa shape index (κ3) is 4.89. The molecule has 10 nitrogen and oxygen atoms in total. The zero-order chi connectivity index (χ0) is 26.2. The predicted molar refractivity (Wildman–Crippen MR) is 145 cm³/mol. The quantitative estimate of drug-likeness (QED) is 0.276. The van der Waals surface area contributed by atoms with E-state index in [0.717, 1.165) is 57.5 Å². The molecule has 37 heavy (non-hydrogen) atoms. The van der Waals surface area contributed by atoms with E-state index in [0.29, 0.717) is 13.2 Å². The zero-order valence-corrected chi connectivity index (χ0v) is 21.7. The van der Waals surface area contributed by atoms with Crippen LogP contribution in [0.1, 0.15) is 12.0 Å². The molecule has 0 fully saturated rings. The molecule has 2 aromatic carbocycles. The molecule has 1 N–H and O–H groups in total.